The van der Waals surface area contributed by atoms with Crippen molar-refractivity contribution in [2.45, 2.75) is 6.92 Å². The quantitative estimate of drug-likeness (QED) is 0.212. The molecule has 0 bridgehead atoms. The third kappa shape index (κ3) is 5.93. The maximum absolute atomic E-state index is 10.8. The first-order chi connectivity index (χ1) is 7.29. The number of rotatable bonds is 3. The molecular formula is C8H8KNO6S. The van der Waals surface area contributed by atoms with Crippen LogP contribution in [0.3, 0.4) is 0 Å². The first-order valence-corrected chi connectivity index (χ1v) is 5.38. The van der Waals surface area contributed by atoms with Crippen molar-refractivity contribution in [3.8, 4) is 5.75 Å². The Morgan fingerprint density at radius 3 is 2.18 bits per heavy atom. The summed E-state index contributed by atoms with van der Waals surface area (Å²) >= 11 is 0. The fourth-order valence-corrected chi connectivity index (χ4v) is 1.29. The van der Waals surface area contributed by atoms with E-state index in [0.29, 0.717) is 5.06 Å². The van der Waals surface area contributed by atoms with Crippen LogP contribution in [0, 0.1) is 0 Å². The number of hydrogen-bond acceptors (Lipinski definition) is 6. The minimum Gasteiger partial charge on any atom is -0.716 e. The molecule has 0 atom stereocenters. The maximum atomic E-state index is 10.8. The Bertz CT molecular complexity index is 485. The van der Waals surface area contributed by atoms with Crippen molar-refractivity contribution in [1.82, 2.24) is 0 Å². The third-order valence-corrected chi connectivity index (χ3v) is 1.97. The summed E-state index contributed by atoms with van der Waals surface area (Å²) in [5, 5.41) is 9.55. The fraction of sp³-hybridized carbons (Fsp3) is 0.125. The average Bonchev–Trinajstić information content (AvgIpc) is 2.15. The Morgan fingerprint density at radius 1 is 1.35 bits per heavy atom. The minimum atomic E-state index is -4.82. The van der Waals surface area contributed by atoms with Crippen molar-refractivity contribution in [3.05, 3.63) is 24.3 Å². The van der Waals surface area contributed by atoms with Crippen LogP contribution in [0.25, 0.3) is 0 Å². The average molecular weight is 285 g/mol. The Hall–Kier alpha value is -0.00364. The van der Waals surface area contributed by atoms with Crippen LogP contribution in [0.4, 0.5) is 5.69 Å². The van der Waals surface area contributed by atoms with E-state index in [0.717, 1.165) is 19.1 Å². The molecule has 0 saturated heterocycles. The van der Waals surface area contributed by atoms with Crippen LogP contribution in [-0.2, 0) is 15.2 Å². The second-order valence-corrected chi connectivity index (χ2v) is 3.80. The van der Waals surface area contributed by atoms with Gasteiger partial charge in [-0.3, -0.25) is 10.0 Å². The Kier molecular flexibility index (Phi) is 6.80. The standard InChI is InChI=1S/C8H9NO6S.K/c1-6(10)9(11)7-2-4-8(5-3-7)15-16(12,13)14;/h2-5,11H,1H3,(H,12,13,14);/q;+1/p-1. The molecule has 1 N–H and O–H groups in total. The molecular weight excluding hydrogens is 277 g/mol. The summed E-state index contributed by atoms with van der Waals surface area (Å²) in [7, 11) is -4.82. The molecule has 0 aromatic heterocycles. The number of carbonyl (C=O) groups excluding carboxylic acids is 1. The monoisotopic (exact) mass is 285 g/mol. The fourth-order valence-electron chi connectivity index (χ4n) is 0.943. The van der Waals surface area contributed by atoms with Gasteiger partial charge >= 0.3 is 51.4 Å². The number of benzene rings is 1. The van der Waals surface area contributed by atoms with E-state index in [2.05, 4.69) is 4.18 Å². The van der Waals surface area contributed by atoms with Gasteiger partial charge in [-0.2, -0.15) is 5.06 Å². The summed E-state index contributed by atoms with van der Waals surface area (Å²) in [6.45, 7) is 1.15. The molecule has 0 radical (unpaired) electrons. The number of anilines is 1. The van der Waals surface area contributed by atoms with Gasteiger partial charge in [0, 0.05) is 6.92 Å². The van der Waals surface area contributed by atoms with Crippen molar-refractivity contribution in [3.63, 3.8) is 0 Å². The molecule has 1 aromatic rings. The molecule has 1 rings (SSSR count). The van der Waals surface area contributed by atoms with E-state index in [9.17, 15) is 23.0 Å². The molecule has 1 aromatic carbocycles. The second kappa shape index (κ2) is 6.80. The van der Waals surface area contributed by atoms with Gasteiger partial charge in [-0.1, -0.05) is 0 Å². The predicted octanol–water partition coefficient (Wildman–Crippen LogP) is -2.73. The van der Waals surface area contributed by atoms with Crippen molar-refractivity contribution >= 4 is 22.0 Å². The van der Waals surface area contributed by atoms with Crippen molar-refractivity contribution in [2.75, 3.05) is 5.06 Å². The van der Waals surface area contributed by atoms with E-state index in [4.69, 9.17) is 0 Å². The molecule has 17 heavy (non-hydrogen) atoms. The number of hydroxylamine groups is 1. The molecule has 0 aliphatic heterocycles. The van der Waals surface area contributed by atoms with Crippen molar-refractivity contribution in [1.29, 1.82) is 0 Å². The van der Waals surface area contributed by atoms with E-state index in [1.807, 2.05) is 0 Å². The van der Waals surface area contributed by atoms with Gasteiger partial charge in [-0.25, -0.2) is 8.42 Å². The minimum absolute atomic E-state index is 0. The van der Waals surface area contributed by atoms with Crippen LogP contribution in [-0.4, -0.2) is 24.1 Å². The number of carbonyl (C=O) groups is 1. The largest absolute Gasteiger partial charge is 1.00 e. The van der Waals surface area contributed by atoms with Crippen LogP contribution in [0.1, 0.15) is 6.92 Å². The smallest absolute Gasteiger partial charge is 0.716 e. The summed E-state index contributed by atoms with van der Waals surface area (Å²) < 4.78 is 34.7. The van der Waals surface area contributed by atoms with Crippen LogP contribution < -0.4 is 60.6 Å². The molecule has 0 heterocycles. The normalized spacial score (nSPS) is 10.3. The SMILES string of the molecule is CC(=O)N(O)c1ccc(OS(=O)(=O)[O-])cc1.[K+]. The summed E-state index contributed by atoms with van der Waals surface area (Å²) in [5.41, 5.74) is 0.128. The summed E-state index contributed by atoms with van der Waals surface area (Å²) in [6, 6.07) is 4.72. The topological polar surface area (TPSA) is 107 Å². The van der Waals surface area contributed by atoms with Crippen LogP contribution >= 0.6 is 0 Å². The molecule has 0 aliphatic rings. The van der Waals surface area contributed by atoms with Gasteiger partial charge in [-0.05, 0) is 24.3 Å². The third-order valence-electron chi connectivity index (χ3n) is 1.58. The van der Waals surface area contributed by atoms with Gasteiger partial charge in [0.1, 0.15) is 5.75 Å². The Balaban J connectivity index is 0.00000256. The number of nitrogens with zero attached hydrogens (tertiary/aromatic N) is 1. The van der Waals surface area contributed by atoms with E-state index in [-0.39, 0.29) is 62.8 Å². The van der Waals surface area contributed by atoms with Crippen LogP contribution in [0.15, 0.2) is 24.3 Å². The molecule has 1 amide bonds. The van der Waals surface area contributed by atoms with Crippen molar-refractivity contribution < 1.29 is 78.5 Å². The molecule has 0 fully saturated rings. The van der Waals surface area contributed by atoms with E-state index in [1.54, 1.807) is 0 Å². The first-order valence-electron chi connectivity index (χ1n) is 4.04. The zero-order valence-corrected chi connectivity index (χ0v) is 13.1. The van der Waals surface area contributed by atoms with Gasteiger partial charge < -0.3 is 8.74 Å². The molecule has 0 aliphatic carbocycles. The van der Waals surface area contributed by atoms with Crippen LogP contribution in [0.5, 0.6) is 5.75 Å². The molecule has 0 spiro atoms. The predicted molar refractivity (Wildman–Crippen MR) is 51.7 cm³/mol. The molecule has 0 unspecified atom stereocenters. The Morgan fingerprint density at radius 2 is 1.82 bits per heavy atom. The van der Waals surface area contributed by atoms with Crippen molar-refractivity contribution in [2.24, 2.45) is 0 Å². The summed E-state index contributed by atoms with van der Waals surface area (Å²) in [4.78, 5) is 10.8. The molecule has 88 valence electrons. The van der Waals surface area contributed by atoms with E-state index < -0.39 is 16.3 Å². The van der Waals surface area contributed by atoms with E-state index >= 15 is 0 Å². The van der Waals surface area contributed by atoms with Gasteiger partial charge in [0.05, 0.1) is 5.69 Å². The zero-order chi connectivity index (χ0) is 12.3. The van der Waals surface area contributed by atoms with Gasteiger partial charge in [0.2, 0.25) is 5.91 Å². The molecule has 7 nitrogen and oxygen atoms in total. The molecule has 9 heteroatoms. The molecule has 0 saturated carbocycles. The van der Waals surface area contributed by atoms with Gasteiger partial charge in [0.15, 0.2) is 0 Å². The maximum Gasteiger partial charge on any atom is 1.00 e. The number of amides is 1. The van der Waals surface area contributed by atoms with Gasteiger partial charge in [0.25, 0.3) is 10.4 Å². The number of hydrogen-bond donors (Lipinski definition) is 1. The second-order valence-electron chi connectivity index (χ2n) is 2.82. The summed E-state index contributed by atoms with van der Waals surface area (Å²) in [6.07, 6.45) is 0. The van der Waals surface area contributed by atoms with Gasteiger partial charge in [-0.15, -0.1) is 0 Å². The van der Waals surface area contributed by atoms with E-state index in [1.165, 1.54) is 12.1 Å². The summed E-state index contributed by atoms with van der Waals surface area (Å²) in [5.74, 6) is -0.805. The van der Waals surface area contributed by atoms with Crippen LogP contribution in [0.2, 0.25) is 0 Å². The first kappa shape index (κ1) is 17.0. The zero-order valence-electron chi connectivity index (χ0n) is 9.15. The Labute approximate surface area is 141 Å².